The van der Waals surface area contributed by atoms with Gasteiger partial charge >= 0.3 is 0 Å². The Kier molecular flexibility index (Phi) is 6.68. The van der Waals surface area contributed by atoms with E-state index in [1.807, 2.05) is 42.5 Å². The van der Waals surface area contributed by atoms with Gasteiger partial charge in [-0.15, -0.1) is 0 Å². The molecular formula is C27H28N2O2. The van der Waals surface area contributed by atoms with Crippen molar-refractivity contribution in [2.75, 3.05) is 13.7 Å². The molecule has 0 aliphatic heterocycles. The number of hydrogen-bond donors (Lipinski definition) is 0. The maximum Gasteiger partial charge on any atom is 0.133 e. The minimum absolute atomic E-state index is 0.711. The summed E-state index contributed by atoms with van der Waals surface area (Å²) in [6.45, 7) is 3.68. The fraction of sp³-hybridized carbons (Fsp3) is 0.222. The number of methoxy groups -OCH3 is 1. The van der Waals surface area contributed by atoms with E-state index in [-0.39, 0.29) is 0 Å². The monoisotopic (exact) mass is 412 g/mol. The van der Waals surface area contributed by atoms with Crippen molar-refractivity contribution < 1.29 is 9.47 Å². The van der Waals surface area contributed by atoms with Crippen LogP contribution in [0.1, 0.15) is 29.8 Å². The zero-order valence-electron chi connectivity index (χ0n) is 18.1. The number of unbranched alkanes of at least 4 members (excludes halogenated alkanes) is 1. The van der Waals surface area contributed by atoms with E-state index in [0.717, 1.165) is 53.3 Å². The quantitative estimate of drug-likeness (QED) is 0.299. The third kappa shape index (κ3) is 5.15. The molecule has 0 atom stereocenters. The molecule has 0 fully saturated rings. The Morgan fingerprint density at radius 3 is 2.61 bits per heavy atom. The number of para-hydroxylation sites is 3. The minimum atomic E-state index is 0.711. The smallest absolute Gasteiger partial charge is 0.133 e. The second kappa shape index (κ2) is 9.98. The first-order valence-electron chi connectivity index (χ1n) is 10.7. The van der Waals surface area contributed by atoms with Gasteiger partial charge < -0.3 is 14.0 Å². The molecule has 1 heterocycles. The first-order chi connectivity index (χ1) is 15.2. The average Bonchev–Trinajstić information content (AvgIpc) is 3.15. The van der Waals surface area contributed by atoms with Crippen molar-refractivity contribution in [1.82, 2.24) is 9.55 Å². The maximum absolute atomic E-state index is 5.90. The number of hydrogen-bond acceptors (Lipinski definition) is 3. The van der Waals surface area contributed by atoms with E-state index in [1.54, 1.807) is 7.11 Å². The van der Waals surface area contributed by atoms with Crippen LogP contribution in [0.4, 0.5) is 0 Å². The average molecular weight is 413 g/mol. The lowest BCUT2D eigenvalue weighted by Gasteiger charge is -2.09. The number of imidazole rings is 1. The number of ether oxygens (including phenoxy) is 2. The second-order valence-corrected chi connectivity index (χ2v) is 7.56. The van der Waals surface area contributed by atoms with E-state index in [9.17, 15) is 0 Å². The number of fused-ring (bicyclic) bond motifs is 1. The predicted octanol–water partition coefficient (Wildman–Crippen LogP) is 6.38. The zero-order chi connectivity index (χ0) is 21.5. The Morgan fingerprint density at radius 2 is 1.74 bits per heavy atom. The summed E-state index contributed by atoms with van der Waals surface area (Å²) in [6, 6.07) is 24.5. The normalized spacial score (nSPS) is 11.3. The highest BCUT2D eigenvalue weighted by molar-refractivity contribution is 5.80. The Labute approximate surface area is 183 Å². The van der Waals surface area contributed by atoms with Crippen molar-refractivity contribution in [1.29, 1.82) is 0 Å². The van der Waals surface area contributed by atoms with E-state index >= 15 is 0 Å². The Morgan fingerprint density at radius 1 is 0.903 bits per heavy atom. The SMILES string of the molecule is COc1ccccc1/C=C/c1nc2ccccc2n1CCCCOc1cccc(C)c1. The molecule has 0 radical (unpaired) electrons. The number of aryl methyl sites for hydroxylation is 2. The highest BCUT2D eigenvalue weighted by Gasteiger charge is 2.08. The van der Waals surface area contributed by atoms with Crippen molar-refractivity contribution in [3.05, 3.63) is 89.7 Å². The van der Waals surface area contributed by atoms with Crippen LogP contribution in [0.25, 0.3) is 23.2 Å². The zero-order valence-corrected chi connectivity index (χ0v) is 18.1. The Bertz CT molecular complexity index is 1180. The molecule has 4 heteroatoms. The highest BCUT2D eigenvalue weighted by Crippen LogP contribution is 2.22. The third-order valence-corrected chi connectivity index (χ3v) is 5.27. The molecule has 0 saturated carbocycles. The molecule has 0 aliphatic rings. The van der Waals surface area contributed by atoms with E-state index in [1.165, 1.54) is 5.56 Å². The van der Waals surface area contributed by atoms with Crippen LogP contribution in [-0.4, -0.2) is 23.3 Å². The number of nitrogens with zero attached hydrogens (tertiary/aromatic N) is 2. The Balaban J connectivity index is 1.45. The van der Waals surface area contributed by atoms with E-state index in [2.05, 4.69) is 54.0 Å². The van der Waals surface area contributed by atoms with Crippen LogP contribution in [0, 0.1) is 6.92 Å². The van der Waals surface area contributed by atoms with Gasteiger partial charge in [0.15, 0.2) is 0 Å². The molecule has 4 aromatic rings. The van der Waals surface area contributed by atoms with Gasteiger partial charge in [-0.25, -0.2) is 4.98 Å². The summed E-state index contributed by atoms with van der Waals surface area (Å²) in [5, 5.41) is 0. The van der Waals surface area contributed by atoms with E-state index < -0.39 is 0 Å². The van der Waals surface area contributed by atoms with Gasteiger partial charge in [-0.2, -0.15) is 0 Å². The number of benzene rings is 3. The highest BCUT2D eigenvalue weighted by atomic mass is 16.5. The van der Waals surface area contributed by atoms with Crippen molar-refractivity contribution in [3.8, 4) is 11.5 Å². The number of aromatic nitrogens is 2. The second-order valence-electron chi connectivity index (χ2n) is 7.56. The van der Waals surface area contributed by atoms with Gasteiger partial charge in [0, 0.05) is 12.1 Å². The lowest BCUT2D eigenvalue weighted by Crippen LogP contribution is -2.04. The molecule has 158 valence electrons. The Hall–Kier alpha value is -3.53. The lowest BCUT2D eigenvalue weighted by molar-refractivity contribution is 0.303. The van der Waals surface area contributed by atoms with Crippen LogP contribution in [0.2, 0.25) is 0 Å². The molecule has 3 aromatic carbocycles. The molecule has 0 unspecified atom stereocenters. The van der Waals surface area contributed by atoms with Crippen LogP contribution in [0.15, 0.2) is 72.8 Å². The molecule has 4 nitrogen and oxygen atoms in total. The largest absolute Gasteiger partial charge is 0.496 e. The molecular weight excluding hydrogens is 384 g/mol. The van der Waals surface area contributed by atoms with Gasteiger partial charge in [-0.1, -0.05) is 42.5 Å². The molecule has 0 aliphatic carbocycles. The molecule has 0 spiro atoms. The minimum Gasteiger partial charge on any atom is -0.496 e. The summed E-state index contributed by atoms with van der Waals surface area (Å²) in [7, 11) is 1.70. The van der Waals surface area contributed by atoms with Crippen molar-refractivity contribution in [2.45, 2.75) is 26.3 Å². The number of rotatable bonds is 9. The summed E-state index contributed by atoms with van der Waals surface area (Å²) >= 11 is 0. The van der Waals surface area contributed by atoms with Crippen molar-refractivity contribution in [2.24, 2.45) is 0 Å². The first-order valence-corrected chi connectivity index (χ1v) is 10.7. The molecule has 0 saturated heterocycles. The van der Waals surface area contributed by atoms with Crippen LogP contribution >= 0.6 is 0 Å². The van der Waals surface area contributed by atoms with Crippen LogP contribution in [0.5, 0.6) is 11.5 Å². The maximum atomic E-state index is 5.90. The standard InChI is InChI=1S/C27H28N2O2/c1-21-10-9-12-23(20-21)31-19-8-7-18-29-25-14-5-4-13-24(25)28-27(29)17-16-22-11-3-6-15-26(22)30-2/h3-6,9-17,20H,7-8,18-19H2,1-2H3/b17-16+. The van der Waals surface area contributed by atoms with Gasteiger partial charge in [0.05, 0.1) is 24.8 Å². The fourth-order valence-corrected chi connectivity index (χ4v) is 3.69. The van der Waals surface area contributed by atoms with E-state index in [4.69, 9.17) is 14.5 Å². The van der Waals surface area contributed by atoms with Gasteiger partial charge in [0.25, 0.3) is 0 Å². The summed E-state index contributed by atoms with van der Waals surface area (Å²) in [4.78, 5) is 4.84. The van der Waals surface area contributed by atoms with Crippen molar-refractivity contribution in [3.63, 3.8) is 0 Å². The summed E-state index contributed by atoms with van der Waals surface area (Å²) in [6.07, 6.45) is 6.14. The van der Waals surface area contributed by atoms with Gasteiger partial charge in [-0.3, -0.25) is 0 Å². The summed E-state index contributed by atoms with van der Waals surface area (Å²) < 4.78 is 13.7. The van der Waals surface area contributed by atoms with Gasteiger partial charge in [0.2, 0.25) is 0 Å². The summed E-state index contributed by atoms with van der Waals surface area (Å²) in [5.41, 5.74) is 4.42. The van der Waals surface area contributed by atoms with E-state index in [0.29, 0.717) is 6.61 Å². The summed E-state index contributed by atoms with van der Waals surface area (Å²) in [5.74, 6) is 2.75. The fourth-order valence-electron chi connectivity index (χ4n) is 3.69. The van der Waals surface area contributed by atoms with Crippen LogP contribution in [0.3, 0.4) is 0 Å². The first kappa shape index (κ1) is 20.7. The topological polar surface area (TPSA) is 36.3 Å². The molecule has 0 N–H and O–H groups in total. The van der Waals surface area contributed by atoms with Gasteiger partial charge in [0.1, 0.15) is 17.3 Å². The molecule has 31 heavy (non-hydrogen) atoms. The van der Waals surface area contributed by atoms with Crippen LogP contribution in [-0.2, 0) is 6.54 Å². The molecule has 0 bridgehead atoms. The van der Waals surface area contributed by atoms with Crippen molar-refractivity contribution >= 4 is 23.2 Å². The molecule has 0 amide bonds. The third-order valence-electron chi connectivity index (χ3n) is 5.27. The predicted molar refractivity (Wildman–Crippen MR) is 128 cm³/mol. The van der Waals surface area contributed by atoms with Crippen LogP contribution < -0.4 is 9.47 Å². The molecule has 4 rings (SSSR count). The lowest BCUT2D eigenvalue weighted by atomic mass is 10.2. The molecule has 1 aromatic heterocycles. The van der Waals surface area contributed by atoms with Gasteiger partial charge in [-0.05, 0) is 67.8 Å².